The second-order valence-corrected chi connectivity index (χ2v) is 9.25. The van der Waals surface area contributed by atoms with Crippen LogP contribution in [0.15, 0.2) is 34.7 Å². The van der Waals surface area contributed by atoms with Crippen molar-refractivity contribution in [2.75, 3.05) is 11.1 Å². The van der Waals surface area contributed by atoms with Crippen molar-refractivity contribution in [1.82, 2.24) is 9.97 Å². The van der Waals surface area contributed by atoms with E-state index < -0.39 is 0 Å². The van der Waals surface area contributed by atoms with Gasteiger partial charge < -0.3 is 5.32 Å². The summed E-state index contributed by atoms with van der Waals surface area (Å²) in [4.78, 5) is 21.5. The summed E-state index contributed by atoms with van der Waals surface area (Å²) < 4.78 is 0. The van der Waals surface area contributed by atoms with E-state index in [9.17, 15) is 4.79 Å². The molecule has 26 heavy (non-hydrogen) atoms. The highest BCUT2D eigenvalue weighted by atomic mass is 32.2. The molecule has 1 aromatic carbocycles. The average molecular weight is 386 g/mol. The molecule has 3 rings (SSSR count). The van der Waals surface area contributed by atoms with Crippen LogP contribution >= 0.6 is 23.1 Å². The van der Waals surface area contributed by atoms with Crippen LogP contribution < -0.4 is 5.32 Å². The largest absolute Gasteiger partial charge is 0.301 e. The number of thioether (sulfide) groups is 1. The number of amides is 1. The number of fused-ring (bicyclic) bond motifs is 1. The zero-order valence-electron chi connectivity index (χ0n) is 15.7. The van der Waals surface area contributed by atoms with E-state index in [4.69, 9.17) is 4.98 Å². The first-order valence-corrected chi connectivity index (χ1v) is 10.4. The smallest absolute Gasteiger partial charge is 0.236 e. The molecule has 0 unspecified atom stereocenters. The van der Waals surface area contributed by atoms with Crippen LogP contribution in [0.1, 0.15) is 37.6 Å². The van der Waals surface area contributed by atoms with Gasteiger partial charge in [-0.15, -0.1) is 11.3 Å². The molecular weight excluding hydrogens is 362 g/mol. The third kappa shape index (κ3) is 4.43. The number of aryl methyl sites for hydroxylation is 2. The van der Waals surface area contributed by atoms with Gasteiger partial charge in [-0.25, -0.2) is 9.97 Å². The highest BCUT2D eigenvalue weighted by Crippen LogP contribution is 2.27. The molecule has 0 radical (unpaired) electrons. The van der Waals surface area contributed by atoms with Crippen LogP contribution in [0.25, 0.3) is 10.9 Å². The standard InChI is InChI=1S/C20H23N3OS2/c1-12-6-7-14-9-13(2)18(21-15(14)8-12)25-11-17(24)23-19-22-16(10-26-19)20(3,4)5/h6-10H,11H2,1-5H3,(H,22,23,24). The SMILES string of the molecule is Cc1ccc2cc(C)c(SCC(=O)Nc3nc(C(C)(C)C)cs3)nc2c1. The summed E-state index contributed by atoms with van der Waals surface area (Å²) in [6.07, 6.45) is 0. The lowest BCUT2D eigenvalue weighted by molar-refractivity contribution is -0.113. The van der Waals surface area contributed by atoms with Crippen LogP contribution in [0.4, 0.5) is 5.13 Å². The first-order chi connectivity index (χ1) is 12.2. The Morgan fingerprint density at radius 2 is 1.96 bits per heavy atom. The molecule has 1 N–H and O–H groups in total. The van der Waals surface area contributed by atoms with Crippen LogP contribution in [-0.4, -0.2) is 21.6 Å². The summed E-state index contributed by atoms with van der Waals surface area (Å²) >= 11 is 2.93. The molecule has 2 heterocycles. The summed E-state index contributed by atoms with van der Waals surface area (Å²) in [6, 6.07) is 8.37. The molecule has 0 aliphatic rings. The third-order valence-corrected chi connectivity index (χ3v) is 5.83. The van der Waals surface area contributed by atoms with Crippen molar-refractivity contribution >= 4 is 45.0 Å². The van der Waals surface area contributed by atoms with E-state index >= 15 is 0 Å². The lowest BCUT2D eigenvalue weighted by atomic mass is 9.93. The Hall–Kier alpha value is -1.92. The van der Waals surface area contributed by atoms with Crippen molar-refractivity contribution in [2.24, 2.45) is 0 Å². The number of benzene rings is 1. The summed E-state index contributed by atoms with van der Waals surface area (Å²) in [7, 11) is 0. The van der Waals surface area contributed by atoms with Crippen LogP contribution in [-0.2, 0) is 10.2 Å². The minimum absolute atomic E-state index is 0.0154. The molecule has 0 fully saturated rings. The van der Waals surface area contributed by atoms with E-state index in [1.165, 1.54) is 28.7 Å². The van der Waals surface area contributed by atoms with Crippen molar-refractivity contribution in [3.63, 3.8) is 0 Å². The molecule has 136 valence electrons. The minimum atomic E-state index is -0.0599. The van der Waals surface area contributed by atoms with Gasteiger partial charge in [0.1, 0.15) is 5.03 Å². The Labute approximate surface area is 162 Å². The average Bonchev–Trinajstić information content (AvgIpc) is 3.02. The van der Waals surface area contributed by atoms with Crippen LogP contribution in [0.3, 0.4) is 0 Å². The zero-order valence-corrected chi connectivity index (χ0v) is 17.3. The Morgan fingerprint density at radius 3 is 2.65 bits per heavy atom. The van der Waals surface area contributed by atoms with E-state index in [-0.39, 0.29) is 11.3 Å². The fourth-order valence-electron chi connectivity index (χ4n) is 2.48. The number of anilines is 1. The number of rotatable bonds is 4. The second-order valence-electron chi connectivity index (χ2n) is 7.43. The molecule has 0 bridgehead atoms. The molecule has 0 aliphatic heterocycles. The first kappa shape index (κ1) is 18.9. The highest BCUT2D eigenvalue weighted by Gasteiger charge is 2.18. The molecule has 6 heteroatoms. The normalized spacial score (nSPS) is 11.7. The number of carbonyl (C=O) groups is 1. The number of nitrogens with one attached hydrogen (secondary N) is 1. The van der Waals surface area contributed by atoms with Crippen molar-refractivity contribution in [2.45, 2.75) is 45.1 Å². The molecule has 0 aliphatic carbocycles. The highest BCUT2D eigenvalue weighted by molar-refractivity contribution is 8.00. The molecule has 1 amide bonds. The number of carbonyl (C=O) groups excluding carboxylic acids is 1. The molecule has 0 saturated carbocycles. The van der Waals surface area contributed by atoms with Crippen molar-refractivity contribution in [3.8, 4) is 0 Å². The maximum atomic E-state index is 12.3. The van der Waals surface area contributed by atoms with Crippen LogP contribution in [0.2, 0.25) is 0 Å². The van der Waals surface area contributed by atoms with Gasteiger partial charge in [0, 0.05) is 16.2 Å². The maximum absolute atomic E-state index is 12.3. The molecule has 0 saturated heterocycles. The third-order valence-electron chi connectivity index (χ3n) is 3.98. The van der Waals surface area contributed by atoms with Gasteiger partial charge in [-0.1, -0.05) is 44.7 Å². The van der Waals surface area contributed by atoms with E-state index in [0.717, 1.165) is 27.2 Å². The topological polar surface area (TPSA) is 54.9 Å². The number of hydrogen-bond acceptors (Lipinski definition) is 5. The van der Waals surface area contributed by atoms with Gasteiger partial charge in [-0.2, -0.15) is 0 Å². The monoisotopic (exact) mass is 385 g/mol. The van der Waals surface area contributed by atoms with Crippen LogP contribution in [0.5, 0.6) is 0 Å². The van der Waals surface area contributed by atoms with Gasteiger partial charge in [0.15, 0.2) is 5.13 Å². The Bertz CT molecular complexity index is 957. The molecule has 2 aromatic heterocycles. The predicted molar refractivity (Wildman–Crippen MR) is 111 cm³/mol. The lowest BCUT2D eigenvalue weighted by Gasteiger charge is -2.14. The summed E-state index contributed by atoms with van der Waals surface area (Å²) in [5.74, 6) is 0.255. The minimum Gasteiger partial charge on any atom is -0.301 e. The number of thiazole rings is 1. The first-order valence-electron chi connectivity index (χ1n) is 8.49. The van der Waals surface area contributed by atoms with Gasteiger partial charge in [0.05, 0.1) is 17.0 Å². The predicted octanol–water partition coefficient (Wildman–Crippen LogP) is 5.34. The molecule has 0 atom stereocenters. The molecule has 0 spiro atoms. The van der Waals surface area contributed by atoms with E-state index in [1.807, 2.05) is 12.3 Å². The quantitative estimate of drug-likeness (QED) is 0.616. The summed E-state index contributed by atoms with van der Waals surface area (Å²) in [5.41, 5.74) is 4.21. The van der Waals surface area contributed by atoms with Crippen molar-refractivity contribution < 1.29 is 4.79 Å². The lowest BCUT2D eigenvalue weighted by Crippen LogP contribution is -2.15. The number of nitrogens with zero attached hydrogens (tertiary/aromatic N) is 2. The number of pyridine rings is 1. The van der Waals surface area contributed by atoms with Gasteiger partial charge in [0.25, 0.3) is 0 Å². The Balaban J connectivity index is 1.66. The summed E-state index contributed by atoms with van der Waals surface area (Å²) in [5, 5.41) is 7.56. The second kappa shape index (κ2) is 7.37. The fourth-order valence-corrected chi connectivity index (χ4v) is 4.22. The Morgan fingerprint density at radius 1 is 1.19 bits per heavy atom. The maximum Gasteiger partial charge on any atom is 0.236 e. The van der Waals surface area contributed by atoms with Crippen LogP contribution in [0, 0.1) is 13.8 Å². The fraction of sp³-hybridized carbons (Fsp3) is 0.350. The molecular formula is C20H23N3OS2. The molecule has 4 nitrogen and oxygen atoms in total. The summed E-state index contributed by atoms with van der Waals surface area (Å²) in [6.45, 7) is 10.4. The molecule has 3 aromatic rings. The number of aromatic nitrogens is 2. The van der Waals surface area contributed by atoms with Gasteiger partial charge in [-0.05, 0) is 37.1 Å². The van der Waals surface area contributed by atoms with Gasteiger partial charge in [-0.3, -0.25) is 4.79 Å². The number of hydrogen-bond donors (Lipinski definition) is 1. The van der Waals surface area contributed by atoms with E-state index in [1.54, 1.807) is 0 Å². The zero-order chi connectivity index (χ0) is 18.9. The van der Waals surface area contributed by atoms with Crippen molar-refractivity contribution in [1.29, 1.82) is 0 Å². The van der Waals surface area contributed by atoms with E-state index in [0.29, 0.717) is 10.9 Å². The van der Waals surface area contributed by atoms with Gasteiger partial charge >= 0.3 is 0 Å². The van der Waals surface area contributed by atoms with Crippen molar-refractivity contribution in [3.05, 3.63) is 46.5 Å². The van der Waals surface area contributed by atoms with Gasteiger partial charge in [0.2, 0.25) is 5.91 Å². The van der Waals surface area contributed by atoms with E-state index in [2.05, 4.69) is 62.3 Å². The Kier molecular flexibility index (Phi) is 5.34.